The second-order valence-corrected chi connectivity index (χ2v) is 4.13. The Labute approximate surface area is 92.6 Å². The lowest BCUT2D eigenvalue weighted by Crippen LogP contribution is -2.31. The van der Waals surface area contributed by atoms with Gasteiger partial charge in [-0.25, -0.2) is 0 Å². The van der Waals surface area contributed by atoms with Crippen LogP contribution in [-0.4, -0.2) is 19.8 Å². The van der Waals surface area contributed by atoms with Gasteiger partial charge in [-0.05, 0) is 11.5 Å². The fourth-order valence-corrected chi connectivity index (χ4v) is 1.55. The third-order valence-electron chi connectivity index (χ3n) is 2.56. The fraction of sp³-hybridized carbons (Fsp3) is 0.538. The van der Waals surface area contributed by atoms with Crippen molar-refractivity contribution in [3.05, 3.63) is 35.9 Å². The van der Waals surface area contributed by atoms with Gasteiger partial charge in [0.15, 0.2) is 0 Å². The molecule has 0 aliphatic carbocycles. The molecule has 0 fully saturated rings. The van der Waals surface area contributed by atoms with Gasteiger partial charge in [0.05, 0.1) is 6.10 Å². The molecule has 0 spiro atoms. The van der Waals surface area contributed by atoms with Crippen LogP contribution in [0.2, 0.25) is 0 Å². The van der Waals surface area contributed by atoms with Crippen LogP contribution in [-0.2, 0) is 11.3 Å². The van der Waals surface area contributed by atoms with Gasteiger partial charge in [-0.15, -0.1) is 0 Å². The van der Waals surface area contributed by atoms with Gasteiger partial charge in [-0.1, -0.05) is 44.2 Å². The van der Waals surface area contributed by atoms with E-state index in [9.17, 15) is 0 Å². The maximum Gasteiger partial charge on any atom is 0.0718 e. The van der Waals surface area contributed by atoms with Crippen LogP contribution in [0.3, 0.4) is 0 Å². The monoisotopic (exact) mass is 207 g/mol. The summed E-state index contributed by atoms with van der Waals surface area (Å²) in [5.41, 5.74) is 1.32. The van der Waals surface area contributed by atoms with Crippen molar-refractivity contribution in [3.63, 3.8) is 0 Å². The first-order valence-electron chi connectivity index (χ1n) is 5.51. The molecule has 15 heavy (non-hydrogen) atoms. The zero-order valence-corrected chi connectivity index (χ0v) is 9.86. The molecule has 1 aromatic carbocycles. The van der Waals surface area contributed by atoms with Gasteiger partial charge >= 0.3 is 0 Å². The Balaban J connectivity index is 2.27. The lowest BCUT2D eigenvalue weighted by Gasteiger charge is -2.19. The molecule has 0 aliphatic rings. The number of methoxy groups -OCH3 is 1. The van der Waals surface area contributed by atoms with Gasteiger partial charge in [-0.3, -0.25) is 0 Å². The highest BCUT2D eigenvalue weighted by molar-refractivity contribution is 5.14. The Hall–Kier alpha value is -0.860. The van der Waals surface area contributed by atoms with Crippen molar-refractivity contribution in [1.82, 2.24) is 5.32 Å². The van der Waals surface area contributed by atoms with E-state index in [0.717, 1.165) is 13.1 Å². The summed E-state index contributed by atoms with van der Waals surface area (Å²) in [6.07, 6.45) is 0.300. The lowest BCUT2D eigenvalue weighted by atomic mass is 10.1. The highest BCUT2D eigenvalue weighted by Gasteiger charge is 2.10. The van der Waals surface area contributed by atoms with E-state index in [2.05, 4.69) is 43.4 Å². The first-order chi connectivity index (χ1) is 7.24. The maximum atomic E-state index is 5.39. The predicted octanol–water partition coefficient (Wildman–Crippen LogP) is 2.45. The average Bonchev–Trinajstić information content (AvgIpc) is 2.25. The predicted molar refractivity (Wildman–Crippen MR) is 63.8 cm³/mol. The second-order valence-electron chi connectivity index (χ2n) is 4.13. The van der Waals surface area contributed by atoms with E-state index in [-0.39, 0.29) is 0 Å². The molecule has 0 radical (unpaired) electrons. The van der Waals surface area contributed by atoms with Crippen molar-refractivity contribution in [2.24, 2.45) is 5.92 Å². The van der Waals surface area contributed by atoms with E-state index in [1.54, 1.807) is 7.11 Å². The standard InChI is InChI=1S/C13H21NO/c1-11(2)13(15-3)10-14-9-12-7-5-4-6-8-12/h4-8,11,13-14H,9-10H2,1-3H3. The molecule has 0 bridgehead atoms. The van der Waals surface area contributed by atoms with Gasteiger partial charge in [-0.2, -0.15) is 0 Å². The fourth-order valence-electron chi connectivity index (χ4n) is 1.55. The first-order valence-corrected chi connectivity index (χ1v) is 5.51. The second kappa shape index (κ2) is 6.59. The molecule has 2 nitrogen and oxygen atoms in total. The van der Waals surface area contributed by atoms with Crippen molar-refractivity contribution in [1.29, 1.82) is 0 Å². The maximum absolute atomic E-state index is 5.39. The number of benzene rings is 1. The van der Waals surface area contributed by atoms with Gasteiger partial charge < -0.3 is 10.1 Å². The Kier molecular flexibility index (Phi) is 5.37. The minimum Gasteiger partial charge on any atom is -0.380 e. The number of hydrogen-bond acceptors (Lipinski definition) is 2. The van der Waals surface area contributed by atoms with Crippen LogP contribution >= 0.6 is 0 Å². The van der Waals surface area contributed by atoms with Crippen molar-refractivity contribution in [2.45, 2.75) is 26.5 Å². The minimum atomic E-state index is 0.300. The molecule has 0 aliphatic heterocycles. The topological polar surface area (TPSA) is 21.3 Å². The van der Waals surface area contributed by atoms with Crippen LogP contribution in [0.5, 0.6) is 0 Å². The molecule has 1 atom stereocenters. The lowest BCUT2D eigenvalue weighted by molar-refractivity contribution is 0.0646. The van der Waals surface area contributed by atoms with Crippen molar-refractivity contribution in [3.8, 4) is 0 Å². The number of rotatable bonds is 6. The SMILES string of the molecule is COC(CNCc1ccccc1)C(C)C. The minimum absolute atomic E-state index is 0.300. The van der Waals surface area contributed by atoms with Crippen LogP contribution in [0.4, 0.5) is 0 Å². The van der Waals surface area contributed by atoms with E-state index in [4.69, 9.17) is 4.74 Å². The third-order valence-corrected chi connectivity index (χ3v) is 2.56. The Morgan fingerprint density at radius 1 is 1.20 bits per heavy atom. The van der Waals surface area contributed by atoms with E-state index in [1.807, 2.05) is 6.07 Å². The first kappa shape index (κ1) is 12.2. The number of ether oxygens (including phenoxy) is 1. The molecule has 0 aromatic heterocycles. The smallest absolute Gasteiger partial charge is 0.0718 e. The van der Waals surface area contributed by atoms with Crippen LogP contribution in [0.25, 0.3) is 0 Å². The van der Waals surface area contributed by atoms with E-state index in [0.29, 0.717) is 12.0 Å². The van der Waals surface area contributed by atoms with Crippen molar-refractivity contribution in [2.75, 3.05) is 13.7 Å². The molecule has 2 heteroatoms. The Bertz CT molecular complexity index is 258. The summed E-state index contributed by atoms with van der Waals surface area (Å²) in [7, 11) is 1.77. The van der Waals surface area contributed by atoms with Crippen molar-refractivity contribution >= 4 is 0 Å². The van der Waals surface area contributed by atoms with Gasteiger partial charge in [0.1, 0.15) is 0 Å². The third kappa shape index (κ3) is 4.45. The Morgan fingerprint density at radius 2 is 1.87 bits per heavy atom. The van der Waals surface area contributed by atoms with Crippen LogP contribution in [0.1, 0.15) is 19.4 Å². The van der Waals surface area contributed by atoms with Gasteiger partial charge in [0.2, 0.25) is 0 Å². The van der Waals surface area contributed by atoms with Crippen molar-refractivity contribution < 1.29 is 4.74 Å². The molecule has 84 valence electrons. The van der Waals surface area contributed by atoms with E-state index < -0.39 is 0 Å². The average molecular weight is 207 g/mol. The summed E-state index contributed by atoms with van der Waals surface area (Å²) in [5.74, 6) is 0.554. The normalized spacial score (nSPS) is 13.1. The molecule has 0 saturated carbocycles. The van der Waals surface area contributed by atoms with Crippen LogP contribution in [0.15, 0.2) is 30.3 Å². The molecule has 1 N–H and O–H groups in total. The highest BCUT2D eigenvalue weighted by Crippen LogP contribution is 2.04. The highest BCUT2D eigenvalue weighted by atomic mass is 16.5. The summed E-state index contributed by atoms with van der Waals surface area (Å²) < 4.78 is 5.39. The molecule has 1 unspecified atom stereocenters. The van der Waals surface area contributed by atoms with Crippen LogP contribution in [0, 0.1) is 5.92 Å². The summed E-state index contributed by atoms with van der Waals surface area (Å²) >= 11 is 0. The quantitative estimate of drug-likeness (QED) is 0.773. The summed E-state index contributed by atoms with van der Waals surface area (Å²) in [6.45, 7) is 6.17. The largest absolute Gasteiger partial charge is 0.380 e. The summed E-state index contributed by atoms with van der Waals surface area (Å²) in [4.78, 5) is 0. The zero-order chi connectivity index (χ0) is 11.1. The van der Waals surface area contributed by atoms with Crippen LogP contribution < -0.4 is 5.32 Å². The molecule has 1 aromatic rings. The Morgan fingerprint density at radius 3 is 2.40 bits per heavy atom. The molecule has 0 heterocycles. The molecular weight excluding hydrogens is 186 g/mol. The zero-order valence-electron chi connectivity index (χ0n) is 9.86. The molecule has 0 amide bonds. The van der Waals surface area contributed by atoms with E-state index in [1.165, 1.54) is 5.56 Å². The van der Waals surface area contributed by atoms with Gasteiger partial charge in [0, 0.05) is 20.2 Å². The molecular formula is C13H21NO. The molecule has 0 saturated heterocycles. The number of nitrogens with one attached hydrogen (secondary N) is 1. The number of hydrogen-bond donors (Lipinski definition) is 1. The molecule has 1 rings (SSSR count). The summed E-state index contributed by atoms with van der Waals surface area (Å²) in [6, 6.07) is 10.4. The van der Waals surface area contributed by atoms with Gasteiger partial charge in [0.25, 0.3) is 0 Å². The van der Waals surface area contributed by atoms with E-state index >= 15 is 0 Å². The summed E-state index contributed by atoms with van der Waals surface area (Å²) in [5, 5.41) is 3.41.